The van der Waals surface area contributed by atoms with Crippen LogP contribution in [-0.4, -0.2) is 0 Å². The zero-order chi connectivity index (χ0) is 38.6. The fraction of sp³-hybridized carbons (Fsp3) is 0.0357. The van der Waals surface area contributed by atoms with Gasteiger partial charge in [0.05, 0.1) is 0 Å². The third kappa shape index (κ3) is 5.49. The van der Waals surface area contributed by atoms with Crippen LogP contribution in [0.15, 0.2) is 223 Å². The van der Waals surface area contributed by atoms with E-state index in [0.717, 1.165) is 39.0 Å². The Morgan fingerprint density at radius 1 is 0.345 bits per heavy atom. The minimum absolute atomic E-state index is 0.360. The summed E-state index contributed by atoms with van der Waals surface area (Å²) >= 11 is 0. The van der Waals surface area contributed by atoms with E-state index in [0.29, 0.717) is 0 Å². The molecule has 0 fully saturated rings. The van der Waals surface area contributed by atoms with Crippen molar-refractivity contribution in [1.29, 1.82) is 0 Å². The van der Waals surface area contributed by atoms with Crippen molar-refractivity contribution in [3.05, 3.63) is 235 Å². The predicted octanol–water partition coefficient (Wildman–Crippen LogP) is 15.4. The lowest BCUT2D eigenvalue weighted by Gasteiger charge is -2.29. The summed E-state index contributed by atoms with van der Waals surface area (Å²) in [5, 5.41) is 2.26. The highest BCUT2D eigenvalue weighted by atomic mass is 16.3. The van der Waals surface area contributed by atoms with Crippen LogP contribution < -0.4 is 4.90 Å². The van der Waals surface area contributed by atoms with Crippen LogP contribution in [0.4, 0.5) is 17.1 Å². The molecule has 1 heterocycles. The SMILES string of the molecule is CC1(c2cccc3oc4ccc(N(c5ccc(-c6ccccc6)cc5)c5ccc(-c6ccc(-c7ccccc7)cc6)cc5)cc4c23)c2ccccc2-c2ccccc21. The molecule has 1 aliphatic rings. The monoisotopic (exact) mass is 741 g/mol. The van der Waals surface area contributed by atoms with Gasteiger partial charge in [-0.15, -0.1) is 0 Å². The lowest BCUT2D eigenvalue weighted by molar-refractivity contribution is 0.666. The number of hydrogen-bond acceptors (Lipinski definition) is 2. The summed E-state index contributed by atoms with van der Waals surface area (Å²) in [6, 6.07) is 78.8. The fourth-order valence-corrected chi connectivity index (χ4v) is 9.28. The Morgan fingerprint density at radius 2 is 0.759 bits per heavy atom. The quantitative estimate of drug-likeness (QED) is 0.162. The van der Waals surface area contributed by atoms with Gasteiger partial charge in [0.15, 0.2) is 0 Å². The molecule has 0 aliphatic heterocycles. The molecule has 0 saturated carbocycles. The first kappa shape index (κ1) is 33.9. The number of nitrogens with zero attached hydrogens (tertiary/aromatic N) is 1. The Morgan fingerprint density at radius 3 is 1.28 bits per heavy atom. The van der Waals surface area contributed by atoms with E-state index in [1.54, 1.807) is 0 Å². The van der Waals surface area contributed by atoms with E-state index in [4.69, 9.17) is 4.42 Å². The Bertz CT molecular complexity index is 3040. The zero-order valence-electron chi connectivity index (χ0n) is 32.1. The van der Waals surface area contributed by atoms with Gasteiger partial charge in [-0.1, -0.05) is 170 Å². The van der Waals surface area contributed by atoms with Crippen molar-refractivity contribution in [2.24, 2.45) is 0 Å². The normalized spacial score (nSPS) is 12.7. The Labute approximate surface area is 338 Å². The van der Waals surface area contributed by atoms with Crippen LogP contribution in [0.2, 0.25) is 0 Å². The van der Waals surface area contributed by atoms with Crippen LogP contribution >= 0.6 is 0 Å². The minimum atomic E-state index is -0.360. The van der Waals surface area contributed by atoms with Gasteiger partial charge in [0.25, 0.3) is 0 Å². The van der Waals surface area contributed by atoms with Gasteiger partial charge in [-0.3, -0.25) is 0 Å². The smallest absolute Gasteiger partial charge is 0.135 e. The summed E-state index contributed by atoms with van der Waals surface area (Å²) in [6.45, 7) is 2.38. The molecule has 1 aliphatic carbocycles. The Kier molecular flexibility index (Phi) is 7.97. The standard InChI is InChI=1S/C56H39NO/c1-56(50-19-10-8-17-47(50)48-18-9-11-20-51(48)56)52-21-12-22-54-55(52)49-37-46(35-36-53(49)58-54)57(44-31-27-42(28-32-44)39-15-6-3-7-16-39)45-33-29-43(30-34-45)41-25-23-40(24-26-41)38-13-4-2-5-14-38/h2-37H,1H3. The van der Waals surface area contributed by atoms with Crippen LogP contribution in [0, 0.1) is 0 Å². The summed E-state index contributed by atoms with van der Waals surface area (Å²) < 4.78 is 6.67. The van der Waals surface area contributed by atoms with Gasteiger partial charge in [-0.25, -0.2) is 0 Å². The first-order valence-electron chi connectivity index (χ1n) is 20.0. The average Bonchev–Trinajstić information content (AvgIpc) is 3.80. The van der Waals surface area contributed by atoms with Crippen molar-refractivity contribution in [2.75, 3.05) is 4.90 Å². The highest BCUT2D eigenvalue weighted by Gasteiger charge is 2.42. The third-order valence-corrected chi connectivity index (χ3v) is 12.2. The summed E-state index contributed by atoms with van der Waals surface area (Å²) in [5.41, 5.74) is 18.3. The third-order valence-electron chi connectivity index (χ3n) is 12.2. The van der Waals surface area contributed by atoms with Crippen molar-refractivity contribution < 1.29 is 4.42 Å². The number of anilines is 3. The largest absolute Gasteiger partial charge is 0.456 e. The Balaban J connectivity index is 1.05. The van der Waals surface area contributed by atoms with Crippen molar-refractivity contribution in [2.45, 2.75) is 12.3 Å². The molecule has 1 aromatic heterocycles. The molecule has 2 nitrogen and oxygen atoms in total. The summed E-state index contributed by atoms with van der Waals surface area (Å²) in [4.78, 5) is 2.36. The van der Waals surface area contributed by atoms with Crippen LogP contribution in [0.3, 0.4) is 0 Å². The highest BCUT2D eigenvalue weighted by molar-refractivity contribution is 6.09. The van der Waals surface area contributed by atoms with Crippen LogP contribution in [0.5, 0.6) is 0 Å². The van der Waals surface area contributed by atoms with Crippen molar-refractivity contribution in [3.8, 4) is 44.5 Å². The fourth-order valence-electron chi connectivity index (χ4n) is 9.28. The maximum absolute atomic E-state index is 6.67. The molecule has 0 bridgehead atoms. The van der Waals surface area contributed by atoms with E-state index < -0.39 is 0 Å². The molecule has 0 unspecified atom stereocenters. The average molecular weight is 742 g/mol. The van der Waals surface area contributed by atoms with E-state index in [1.165, 1.54) is 61.2 Å². The summed E-state index contributed by atoms with van der Waals surface area (Å²) in [5.74, 6) is 0. The van der Waals surface area contributed by atoms with Crippen LogP contribution in [0.25, 0.3) is 66.4 Å². The maximum Gasteiger partial charge on any atom is 0.135 e. The van der Waals surface area contributed by atoms with Gasteiger partial charge >= 0.3 is 0 Å². The van der Waals surface area contributed by atoms with Gasteiger partial charge in [-0.2, -0.15) is 0 Å². The molecule has 274 valence electrons. The molecule has 9 aromatic carbocycles. The van der Waals surface area contributed by atoms with Gasteiger partial charge < -0.3 is 9.32 Å². The summed E-state index contributed by atoms with van der Waals surface area (Å²) in [7, 11) is 0. The molecule has 10 aromatic rings. The van der Waals surface area contributed by atoms with Crippen molar-refractivity contribution in [1.82, 2.24) is 0 Å². The molecule has 58 heavy (non-hydrogen) atoms. The summed E-state index contributed by atoms with van der Waals surface area (Å²) in [6.07, 6.45) is 0. The van der Waals surface area contributed by atoms with Gasteiger partial charge in [0.2, 0.25) is 0 Å². The molecular weight excluding hydrogens is 703 g/mol. The van der Waals surface area contributed by atoms with E-state index >= 15 is 0 Å². The number of benzene rings is 9. The Hall–Kier alpha value is -7.42. The minimum Gasteiger partial charge on any atom is -0.456 e. The van der Waals surface area contributed by atoms with Crippen LogP contribution in [0.1, 0.15) is 23.6 Å². The van der Waals surface area contributed by atoms with Crippen LogP contribution in [-0.2, 0) is 5.41 Å². The highest BCUT2D eigenvalue weighted by Crippen LogP contribution is 2.54. The predicted molar refractivity (Wildman–Crippen MR) is 242 cm³/mol. The zero-order valence-corrected chi connectivity index (χ0v) is 32.1. The second-order valence-corrected chi connectivity index (χ2v) is 15.4. The van der Waals surface area contributed by atoms with Gasteiger partial charge in [0.1, 0.15) is 11.2 Å². The number of rotatable bonds is 7. The lowest BCUT2D eigenvalue weighted by Crippen LogP contribution is -2.22. The van der Waals surface area contributed by atoms with E-state index in [9.17, 15) is 0 Å². The van der Waals surface area contributed by atoms with Crippen molar-refractivity contribution in [3.63, 3.8) is 0 Å². The molecule has 11 rings (SSSR count). The number of furan rings is 1. The maximum atomic E-state index is 6.67. The van der Waals surface area contributed by atoms with E-state index in [1.807, 2.05) is 0 Å². The number of fused-ring (bicyclic) bond motifs is 6. The molecule has 0 amide bonds. The molecule has 0 N–H and O–H groups in total. The van der Waals surface area contributed by atoms with E-state index in [-0.39, 0.29) is 5.41 Å². The van der Waals surface area contributed by atoms with E-state index in [2.05, 4.69) is 230 Å². The van der Waals surface area contributed by atoms with Gasteiger partial charge in [0, 0.05) is 33.2 Å². The molecule has 0 radical (unpaired) electrons. The second kappa shape index (κ2) is 13.7. The molecule has 0 spiro atoms. The van der Waals surface area contributed by atoms with Crippen molar-refractivity contribution >= 4 is 39.0 Å². The molecule has 0 saturated heterocycles. The van der Waals surface area contributed by atoms with Gasteiger partial charge in [-0.05, 0) is 117 Å². The molecule has 0 atom stereocenters. The molecular formula is C56H39NO. The molecule has 2 heteroatoms. The first-order valence-corrected chi connectivity index (χ1v) is 20.0. The number of hydrogen-bond donors (Lipinski definition) is 0. The second-order valence-electron chi connectivity index (χ2n) is 15.4. The topological polar surface area (TPSA) is 16.4 Å². The lowest BCUT2D eigenvalue weighted by atomic mass is 9.73. The first-order chi connectivity index (χ1) is 28.6.